The number of carbonyl (C=O) groups excluding carboxylic acids is 1. The van der Waals surface area contributed by atoms with Gasteiger partial charge in [0.15, 0.2) is 5.96 Å². The summed E-state index contributed by atoms with van der Waals surface area (Å²) in [6.45, 7) is 12.7. The van der Waals surface area contributed by atoms with Crippen LogP contribution in [0.15, 0.2) is 4.99 Å². The Bertz CT molecular complexity index is 444. The lowest BCUT2D eigenvalue weighted by Gasteiger charge is -2.23. The number of methoxy groups -OCH3 is 1. The van der Waals surface area contributed by atoms with Gasteiger partial charge >= 0.3 is 6.09 Å². The Kier molecular flexibility index (Phi) is 13.8. The zero-order chi connectivity index (χ0) is 19.4. The van der Waals surface area contributed by atoms with Crippen LogP contribution in [0, 0.1) is 0 Å². The summed E-state index contributed by atoms with van der Waals surface area (Å²) < 4.78 is 15.7. The van der Waals surface area contributed by atoms with E-state index in [1.807, 2.05) is 20.8 Å². The highest BCUT2D eigenvalue weighted by Gasteiger charge is 2.27. The first-order valence-electron chi connectivity index (χ1n) is 9.45. The van der Waals surface area contributed by atoms with E-state index >= 15 is 0 Å². The number of alkyl carbamates (subject to hydrolysis) is 1. The molecule has 160 valence electrons. The Morgan fingerprint density at radius 2 is 2.00 bits per heavy atom. The van der Waals surface area contributed by atoms with Crippen molar-refractivity contribution in [2.75, 3.05) is 53.1 Å². The molecule has 0 aromatic heterocycles. The minimum absolute atomic E-state index is 0. The summed E-state index contributed by atoms with van der Waals surface area (Å²) in [5.74, 6) is 0.887. The van der Waals surface area contributed by atoms with Crippen LogP contribution in [0.25, 0.3) is 0 Å². The van der Waals surface area contributed by atoms with E-state index in [2.05, 4.69) is 27.4 Å². The first-order chi connectivity index (χ1) is 12.4. The van der Waals surface area contributed by atoms with Gasteiger partial charge in [-0.1, -0.05) is 0 Å². The zero-order valence-corrected chi connectivity index (χ0v) is 19.7. The summed E-state index contributed by atoms with van der Waals surface area (Å²) in [4.78, 5) is 18.8. The number of amides is 1. The van der Waals surface area contributed by atoms with Crippen LogP contribution in [-0.2, 0) is 14.2 Å². The highest BCUT2D eigenvalue weighted by molar-refractivity contribution is 14.0. The Morgan fingerprint density at radius 3 is 2.63 bits per heavy atom. The summed E-state index contributed by atoms with van der Waals surface area (Å²) in [5.41, 5.74) is -0.482. The van der Waals surface area contributed by atoms with Crippen LogP contribution >= 0.6 is 24.0 Å². The maximum atomic E-state index is 11.9. The minimum atomic E-state index is -0.482. The third-order valence-corrected chi connectivity index (χ3v) is 3.68. The fourth-order valence-electron chi connectivity index (χ4n) is 2.57. The lowest BCUT2D eigenvalue weighted by atomic mass is 10.2. The van der Waals surface area contributed by atoms with Gasteiger partial charge in [0.25, 0.3) is 0 Å². The van der Waals surface area contributed by atoms with Crippen molar-refractivity contribution in [2.24, 2.45) is 4.99 Å². The number of nitrogens with zero attached hydrogens (tertiary/aromatic N) is 2. The second kappa shape index (κ2) is 14.2. The van der Waals surface area contributed by atoms with Crippen molar-refractivity contribution in [3.63, 3.8) is 0 Å². The number of hydrogen-bond acceptors (Lipinski definition) is 5. The van der Waals surface area contributed by atoms with Gasteiger partial charge in [-0.2, -0.15) is 0 Å². The third-order valence-electron chi connectivity index (χ3n) is 3.68. The molecule has 1 unspecified atom stereocenters. The molecule has 1 atom stereocenters. The van der Waals surface area contributed by atoms with Crippen LogP contribution in [0.2, 0.25) is 0 Å². The number of guanidine groups is 1. The molecule has 1 aliphatic heterocycles. The van der Waals surface area contributed by atoms with Gasteiger partial charge in [-0.3, -0.25) is 4.99 Å². The number of ether oxygens (including phenoxy) is 3. The van der Waals surface area contributed by atoms with E-state index in [0.29, 0.717) is 26.4 Å². The molecule has 1 fully saturated rings. The van der Waals surface area contributed by atoms with Gasteiger partial charge in [-0.15, -0.1) is 24.0 Å². The van der Waals surface area contributed by atoms with Gasteiger partial charge in [-0.25, -0.2) is 4.79 Å². The normalized spacial score (nSPS) is 17.4. The van der Waals surface area contributed by atoms with E-state index in [-0.39, 0.29) is 36.1 Å². The van der Waals surface area contributed by atoms with Crippen LogP contribution in [0.4, 0.5) is 4.79 Å². The van der Waals surface area contributed by atoms with Gasteiger partial charge in [0.2, 0.25) is 0 Å². The molecule has 1 rings (SSSR count). The molecule has 1 aliphatic rings. The molecule has 2 N–H and O–H groups in total. The highest BCUT2D eigenvalue weighted by Crippen LogP contribution is 2.12. The van der Waals surface area contributed by atoms with E-state index in [0.717, 1.165) is 38.4 Å². The van der Waals surface area contributed by atoms with Crippen molar-refractivity contribution in [3.05, 3.63) is 0 Å². The number of rotatable bonds is 9. The van der Waals surface area contributed by atoms with Gasteiger partial charge in [0.1, 0.15) is 5.60 Å². The molecule has 0 aliphatic carbocycles. The quantitative estimate of drug-likeness (QED) is 0.219. The lowest BCUT2D eigenvalue weighted by Crippen LogP contribution is -2.44. The number of likely N-dealkylation sites (tertiary alicyclic amines) is 1. The van der Waals surface area contributed by atoms with Crippen molar-refractivity contribution in [3.8, 4) is 0 Å². The van der Waals surface area contributed by atoms with Crippen molar-refractivity contribution in [2.45, 2.75) is 52.2 Å². The van der Waals surface area contributed by atoms with Crippen molar-refractivity contribution < 1.29 is 19.0 Å². The summed E-state index contributed by atoms with van der Waals surface area (Å²) in [5, 5.41) is 6.26. The predicted octanol–water partition coefficient (Wildman–Crippen LogP) is 2.22. The van der Waals surface area contributed by atoms with Gasteiger partial charge in [-0.05, 0) is 40.5 Å². The minimum Gasteiger partial charge on any atom is -0.444 e. The second-order valence-electron chi connectivity index (χ2n) is 7.27. The van der Waals surface area contributed by atoms with Crippen molar-refractivity contribution >= 4 is 36.0 Å². The molecule has 0 bridgehead atoms. The molecule has 27 heavy (non-hydrogen) atoms. The fourth-order valence-corrected chi connectivity index (χ4v) is 2.57. The molecule has 0 aromatic carbocycles. The van der Waals surface area contributed by atoms with Crippen LogP contribution in [0.1, 0.15) is 40.5 Å². The number of halogens is 1. The molecule has 0 saturated carbocycles. The van der Waals surface area contributed by atoms with Crippen molar-refractivity contribution in [1.29, 1.82) is 0 Å². The molecule has 9 heteroatoms. The molecule has 1 heterocycles. The molecular weight excluding hydrogens is 463 g/mol. The third kappa shape index (κ3) is 12.3. The number of aliphatic imine (C=N–C) groups is 1. The van der Waals surface area contributed by atoms with Gasteiger partial charge in [0.05, 0.1) is 19.3 Å². The largest absolute Gasteiger partial charge is 0.444 e. The Labute approximate surface area is 180 Å². The SMILES string of the molecule is CCNC(=NCCCOCCOC)N1CCC(NC(=O)OC(C)(C)C)C1.I. The summed E-state index contributed by atoms with van der Waals surface area (Å²) in [7, 11) is 1.66. The number of nitrogens with one attached hydrogen (secondary N) is 2. The predicted molar refractivity (Wildman–Crippen MR) is 118 cm³/mol. The molecule has 8 nitrogen and oxygen atoms in total. The summed E-state index contributed by atoms with van der Waals surface area (Å²) in [6.07, 6.45) is 1.38. The second-order valence-corrected chi connectivity index (χ2v) is 7.27. The molecule has 0 spiro atoms. The lowest BCUT2D eigenvalue weighted by molar-refractivity contribution is 0.0507. The average Bonchev–Trinajstić information content (AvgIpc) is 2.99. The van der Waals surface area contributed by atoms with Crippen LogP contribution < -0.4 is 10.6 Å². The van der Waals surface area contributed by atoms with E-state index < -0.39 is 5.60 Å². The summed E-state index contributed by atoms with van der Waals surface area (Å²) in [6, 6.07) is 0.0751. The molecule has 0 radical (unpaired) electrons. The molecular formula is C18H37IN4O4. The van der Waals surface area contributed by atoms with Crippen LogP contribution in [0.3, 0.4) is 0 Å². The van der Waals surface area contributed by atoms with E-state index in [4.69, 9.17) is 14.2 Å². The maximum absolute atomic E-state index is 11.9. The monoisotopic (exact) mass is 500 g/mol. The topological polar surface area (TPSA) is 84.4 Å². The Morgan fingerprint density at radius 1 is 1.26 bits per heavy atom. The highest BCUT2D eigenvalue weighted by atomic mass is 127. The molecule has 1 amide bonds. The van der Waals surface area contributed by atoms with Gasteiger partial charge < -0.3 is 29.7 Å². The average molecular weight is 500 g/mol. The maximum Gasteiger partial charge on any atom is 0.407 e. The number of carbonyl (C=O) groups is 1. The standard InChI is InChI=1S/C18H36N4O4.HI/c1-6-19-16(20-9-7-11-25-13-12-24-5)22-10-8-15(14-22)21-17(23)26-18(2,3)4;/h15H,6-14H2,1-5H3,(H,19,20)(H,21,23);1H. The first kappa shape index (κ1) is 26.2. The molecule has 0 aromatic rings. The smallest absolute Gasteiger partial charge is 0.407 e. The Hall–Kier alpha value is -0.810. The van der Waals surface area contributed by atoms with Crippen LogP contribution in [0.5, 0.6) is 0 Å². The molecule has 1 saturated heterocycles. The van der Waals surface area contributed by atoms with Crippen molar-refractivity contribution in [1.82, 2.24) is 15.5 Å². The van der Waals surface area contributed by atoms with E-state index in [1.54, 1.807) is 7.11 Å². The van der Waals surface area contributed by atoms with Gasteiger partial charge in [0, 0.05) is 39.9 Å². The summed E-state index contributed by atoms with van der Waals surface area (Å²) >= 11 is 0. The van der Waals surface area contributed by atoms with Crippen LogP contribution in [-0.4, -0.2) is 81.7 Å². The van der Waals surface area contributed by atoms with E-state index in [9.17, 15) is 4.79 Å². The Balaban J connectivity index is 0.00000676. The fraction of sp³-hybridized carbons (Fsp3) is 0.889. The number of hydrogen-bond donors (Lipinski definition) is 2. The zero-order valence-electron chi connectivity index (χ0n) is 17.4. The van der Waals surface area contributed by atoms with E-state index in [1.165, 1.54) is 0 Å². The first-order valence-corrected chi connectivity index (χ1v) is 9.45.